The van der Waals surface area contributed by atoms with Crippen LogP contribution >= 0.6 is 0 Å². The maximum atomic E-state index is 14.2. The summed E-state index contributed by atoms with van der Waals surface area (Å²) in [5.41, 5.74) is 3.07. The largest absolute Gasteiger partial charge is 0.494 e. The van der Waals surface area contributed by atoms with Gasteiger partial charge in [-0.3, -0.25) is 4.90 Å². The molecule has 0 atom stereocenters. The first-order valence-electron chi connectivity index (χ1n) is 15.5. The van der Waals surface area contributed by atoms with Crippen LogP contribution < -0.4 is 19.1 Å². The number of anilines is 1. The highest BCUT2D eigenvalue weighted by atomic mass is 32.2. The molecule has 0 bridgehead atoms. The molecule has 0 amide bonds. The molecular weight excluding hydrogens is 602 g/mol. The Morgan fingerprint density at radius 1 is 0.783 bits per heavy atom. The van der Waals surface area contributed by atoms with Crippen LogP contribution in [0.4, 0.5) is 5.88 Å². The van der Waals surface area contributed by atoms with Crippen molar-refractivity contribution in [2.45, 2.75) is 22.9 Å². The average molecular weight is 638 g/mol. The molecular formula is C36H35N3O6S. The molecule has 7 rings (SSSR count). The number of aromatic nitrogens is 1. The second-order valence-corrected chi connectivity index (χ2v) is 13.0. The lowest BCUT2D eigenvalue weighted by Gasteiger charge is -2.39. The summed E-state index contributed by atoms with van der Waals surface area (Å²) in [5.74, 6) is 2.08. The fourth-order valence-electron chi connectivity index (χ4n) is 6.03. The zero-order valence-electron chi connectivity index (χ0n) is 25.5. The zero-order chi connectivity index (χ0) is 31.5. The molecule has 2 aliphatic heterocycles. The smallest absolute Gasteiger partial charge is 0.236 e. The molecule has 5 aromatic rings. The Hall–Kier alpha value is -4.80. The molecule has 1 saturated heterocycles. The molecule has 0 spiro atoms. The van der Waals surface area contributed by atoms with Gasteiger partial charge < -0.3 is 23.5 Å². The van der Waals surface area contributed by atoms with Gasteiger partial charge in [0.25, 0.3) is 0 Å². The van der Waals surface area contributed by atoms with Crippen molar-refractivity contribution in [2.75, 3.05) is 50.9 Å². The van der Waals surface area contributed by atoms with E-state index in [1.54, 1.807) is 6.07 Å². The van der Waals surface area contributed by atoms with Gasteiger partial charge >= 0.3 is 0 Å². The van der Waals surface area contributed by atoms with E-state index in [1.165, 1.54) is 23.3 Å². The molecule has 9 nitrogen and oxygen atoms in total. The minimum Gasteiger partial charge on any atom is -0.494 e. The van der Waals surface area contributed by atoms with Crippen molar-refractivity contribution in [1.82, 2.24) is 9.88 Å². The summed E-state index contributed by atoms with van der Waals surface area (Å²) < 4.78 is 51.7. The Kier molecular flexibility index (Phi) is 8.38. The molecule has 2 aliphatic rings. The molecule has 46 heavy (non-hydrogen) atoms. The van der Waals surface area contributed by atoms with E-state index in [2.05, 4.69) is 58.4 Å². The van der Waals surface area contributed by atoms with Crippen LogP contribution in [-0.4, -0.2) is 64.3 Å². The van der Waals surface area contributed by atoms with E-state index in [-0.39, 0.29) is 27.7 Å². The summed E-state index contributed by atoms with van der Waals surface area (Å²) in [5, 5.41) is -0.121. The van der Waals surface area contributed by atoms with E-state index >= 15 is 0 Å². The number of nitrogens with zero attached hydrogens (tertiary/aromatic N) is 3. The highest BCUT2D eigenvalue weighted by Crippen LogP contribution is 2.39. The number of sulfone groups is 1. The molecule has 3 heterocycles. The predicted octanol–water partition coefficient (Wildman–Crippen LogP) is 6.26. The van der Waals surface area contributed by atoms with E-state index in [0.717, 1.165) is 0 Å². The van der Waals surface area contributed by atoms with Crippen LogP contribution in [-0.2, 0) is 9.84 Å². The average Bonchev–Trinajstić information content (AvgIpc) is 3.57. The highest BCUT2D eigenvalue weighted by molar-refractivity contribution is 7.91. The fourth-order valence-corrected chi connectivity index (χ4v) is 7.36. The zero-order valence-corrected chi connectivity index (χ0v) is 26.4. The first kappa shape index (κ1) is 29.9. The van der Waals surface area contributed by atoms with Crippen molar-refractivity contribution in [1.29, 1.82) is 0 Å². The quantitative estimate of drug-likeness (QED) is 0.186. The standard InChI is InChI=1S/C36H35N3O6S/c1-2-42-29-15-13-28(14-16-29)34-37-35(46(40,41)30-17-18-31-32(25-30)44-24-23-43-31)36(45-34)39-21-19-38(20-22-39)33(26-9-5-3-6-10-26)27-11-7-4-8-12-27/h3-18,25,33H,2,19-24H2,1H3. The summed E-state index contributed by atoms with van der Waals surface area (Å²) in [7, 11) is -4.09. The van der Waals surface area contributed by atoms with Crippen LogP contribution in [0.1, 0.15) is 24.1 Å². The van der Waals surface area contributed by atoms with Gasteiger partial charge in [-0.25, -0.2) is 8.42 Å². The number of hydrogen-bond acceptors (Lipinski definition) is 9. The van der Waals surface area contributed by atoms with E-state index in [1.807, 2.05) is 48.2 Å². The maximum Gasteiger partial charge on any atom is 0.236 e. The fraction of sp³-hybridized carbons (Fsp3) is 0.250. The van der Waals surface area contributed by atoms with Crippen molar-refractivity contribution in [3.8, 4) is 28.7 Å². The van der Waals surface area contributed by atoms with Gasteiger partial charge in [-0.15, -0.1) is 0 Å². The normalized spacial score (nSPS) is 15.2. The Morgan fingerprint density at radius 3 is 2.04 bits per heavy atom. The van der Waals surface area contributed by atoms with E-state index in [9.17, 15) is 8.42 Å². The third kappa shape index (κ3) is 5.93. The van der Waals surface area contributed by atoms with Gasteiger partial charge in [0.2, 0.25) is 26.6 Å². The minimum atomic E-state index is -4.09. The van der Waals surface area contributed by atoms with Gasteiger partial charge in [-0.05, 0) is 54.4 Å². The highest BCUT2D eigenvalue weighted by Gasteiger charge is 2.35. The molecule has 1 fully saturated rings. The molecule has 0 N–H and O–H groups in total. The second-order valence-electron chi connectivity index (χ2n) is 11.1. The molecule has 0 saturated carbocycles. The van der Waals surface area contributed by atoms with Crippen molar-refractivity contribution < 1.29 is 27.0 Å². The van der Waals surface area contributed by atoms with Gasteiger partial charge in [0.15, 0.2) is 11.5 Å². The van der Waals surface area contributed by atoms with Gasteiger partial charge in [-0.1, -0.05) is 60.7 Å². The Bertz CT molecular complexity index is 1850. The Labute approximate surface area is 268 Å². The van der Waals surface area contributed by atoms with Crippen LogP contribution in [0.2, 0.25) is 0 Å². The molecule has 0 aliphatic carbocycles. The summed E-state index contributed by atoms with van der Waals surface area (Å²) in [6, 6.07) is 32.9. The number of benzene rings is 4. The Balaban J connectivity index is 1.22. The maximum absolute atomic E-state index is 14.2. The van der Waals surface area contributed by atoms with Crippen LogP contribution in [0.3, 0.4) is 0 Å². The van der Waals surface area contributed by atoms with Crippen molar-refractivity contribution in [3.63, 3.8) is 0 Å². The van der Waals surface area contributed by atoms with Crippen molar-refractivity contribution in [2.24, 2.45) is 0 Å². The van der Waals surface area contributed by atoms with Gasteiger partial charge in [0.05, 0.1) is 17.5 Å². The lowest BCUT2D eigenvalue weighted by atomic mass is 9.96. The molecule has 10 heteroatoms. The van der Waals surface area contributed by atoms with Crippen molar-refractivity contribution >= 4 is 15.7 Å². The number of oxazole rings is 1. The van der Waals surface area contributed by atoms with E-state index in [4.69, 9.17) is 18.6 Å². The van der Waals surface area contributed by atoms with E-state index in [0.29, 0.717) is 68.8 Å². The summed E-state index contributed by atoms with van der Waals surface area (Å²) >= 11 is 0. The number of rotatable bonds is 9. The number of fused-ring (bicyclic) bond motifs is 1. The summed E-state index contributed by atoms with van der Waals surface area (Å²) in [4.78, 5) is 9.10. The molecule has 0 unspecified atom stereocenters. The van der Waals surface area contributed by atoms with Crippen LogP contribution in [0.25, 0.3) is 11.5 Å². The number of piperazine rings is 1. The lowest BCUT2D eigenvalue weighted by molar-refractivity contribution is 0.171. The van der Waals surface area contributed by atoms with E-state index < -0.39 is 9.84 Å². The molecule has 4 aromatic carbocycles. The first-order chi connectivity index (χ1) is 22.5. The number of ether oxygens (including phenoxy) is 3. The van der Waals surface area contributed by atoms with Gasteiger partial charge in [0.1, 0.15) is 19.0 Å². The first-order valence-corrected chi connectivity index (χ1v) is 17.0. The molecule has 0 radical (unpaired) electrons. The van der Waals surface area contributed by atoms with Crippen LogP contribution in [0.5, 0.6) is 17.2 Å². The SMILES string of the molecule is CCOc1ccc(-c2nc(S(=O)(=O)c3ccc4c(c3)OCCO4)c(N3CCN(C(c4ccccc4)c4ccccc4)CC3)o2)cc1. The predicted molar refractivity (Wildman–Crippen MR) is 175 cm³/mol. The monoisotopic (exact) mass is 637 g/mol. The lowest BCUT2D eigenvalue weighted by Crippen LogP contribution is -2.48. The summed E-state index contributed by atoms with van der Waals surface area (Å²) in [6.07, 6.45) is 0. The third-order valence-electron chi connectivity index (χ3n) is 8.27. The number of hydrogen-bond donors (Lipinski definition) is 0. The molecule has 1 aromatic heterocycles. The molecule has 236 valence electrons. The van der Waals surface area contributed by atoms with Crippen LogP contribution in [0.15, 0.2) is 117 Å². The Morgan fingerprint density at radius 2 is 1.41 bits per heavy atom. The summed E-state index contributed by atoms with van der Waals surface area (Å²) in [6.45, 7) is 5.72. The third-order valence-corrected chi connectivity index (χ3v) is 9.92. The van der Waals surface area contributed by atoms with Crippen molar-refractivity contribution in [3.05, 3.63) is 114 Å². The van der Waals surface area contributed by atoms with Gasteiger partial charge in [0, 0.05) is 37.8 Å². The van der Waals surface area contributed by atoms with Crippen LogP contribution in [0, 0.1) is 0 Å². The topological polar surface area (TPSA) is 94.3 Å². The van der Waals surface area contributed by atoms with Gasteiger partial charge in [-0.2, -0.15) is 4.98 Å². The second kappa shape index (κ2) is 12.9. The minimum absolute atomic E-state index is 0.0661.